The number of aryl methyl sites for hydroxylation is 1. The quantitative estimate of drug-likeness (QED) is 0.235. The number of nitrogens with one attached hydrogen (secondary N) is 1. The molecular formula is C27H25ClF4N6. The van der Waals surface area contributed by atoms with Crippen molar-refractivity contribution < 1.29 is 17.6 Å². The Balaban J connectivity index is 1.37. The van der Waals surface area contributed by atoms with Gasteiger partial charge in [0.25, 0.3) is 0 Å². The van der Waals surface area contributed by atoms with Crippen molar-refractivity contribution in [2.45, 2.75) is 26.2 Å². The standard InChI is InChI=1S/C27H25ClF4N6/c1-17-34-25(33-15-19-8-5-9-21(23(19)29)27(30,31)32)20-14-22(24(28)36-26(20)35-17)38-12-10-37(11-13-38)16-18-6-3-2-4-7-18/h2-9,14H,10-13,15-16H2,1H3,(H,33,34,35,36). The highest BCUT2D eigenvalue weighted by molar-refractivity contribution is 6.32. The zero-order valence-corrected chi connectivity index (χ0v) is 21.3. The number of alkyl halides is 3. The molecule has 11 heteroatoms. The highest BCUT2D eigenvalue weighted by atomic mass is 35.5. The molecule has 0 aliphatic carbocycles. The molecule has 1 N–H and O–H groups in total. The number of nitrogens with zero attached hydrogens (tertiary/aromatic N) is 5. The molecule has 1 fully saturated rings. The van der Waals surface area contributed by atoms with Gasteiger partial charge in [-0.15, -0.1) is 0 Å². The number of piperazine rings is 1. The predicted molar refractivity (Wildman–Crippen MR) is 140 cm³/mol. The van der Waals surface area contributed by atoms with Gasteiger partial charge in [0.05, 0.1) is 16.6 Å². The summed E-state index contributed by atoms with van der Waals surface area (Å²) in [5.74, 6) is -0.564. The Morgan fingerprint density at radius 1 is 0.947 bits per heavy atom. The minimum absolute atomic E-state index is 0.124. The molecule has 1 saturated heterocycles. The monoisotopic (exact) mass is 544 g/mol. The molecule has 1 aliphatic heterocycles. The molecule has 0 saturated carbocycles. The summed E-state index contributed by atoms with van der Waals surface area (Å²) in [7, 11) is 0. The number of hydrogen-bond acceptors (Lipinski definition) is 6. The Morgan fingerprint density at radius 2 is 1.68 bits per heavy atom. The van der Waals surface area contributed by atoms with Crippen molar-refractivity contribution in [2.75, 3.05) is 36.4 Å². The van der Waals surface area contributed by atoms with Crippen LogP contribution in [0.1, 0.15) is 22.5 Å². The average molecular weight is 545 g/mol. The third-order valence-corrected chi connectivity index (χ3v) is 6.80. The summed E-state index contributed by atoms with van der Waals surface area (Å²) in [6.45, 7) is 5.50. The van der Waals surface area contributed by atoms with Crippen molar-refractivity contribution in [2.24, 2.45) is 0 Å². The summed E-state index contributed by atoms with van der Waals surface area (Å²) < 4.78 is 54.0. The Labute approximate surface area is 222 Å². The number of aromatic nitrogens is 3. The molecule has 198 valence electrons. The lowest BCUT2D eigenvalue weighted by atomic mass is 10.1. The van der Waals surface area contributed by atoms with Crippen molar-refractivity contribution >= 4 is 34.1 Å². The van der Waals surface area contributed by atoms with E-state index in [4.69, 9.17) is 11.6 Å². The molecule has 0 radical (unpaired) electrons. The number of halogens is 5. The smallest absolute Gasteiger partial charge is 0.366 e. The van der Waals surface area contributed by atoms with Crippen LogP contribution >= 0.6 is 11.6 Å². The maximum Gasteiger partial charge on any atom is 0.419 e. The summed E-state index contributed by atoms with van der Waals surface area (Å²) in [6, 6.07) is 15.3. The highest BCUT2D eigenvalue weighted by Gasteiger charge is 2.34. The van der Waals surface area contributed by atoms with Crippen molar-refractivity contribution in [1.82, 2.24) is 19.9 Å². The van der Waals surface area contributed by atoms with Gasteiger partial charge >= 0.3 is 6.18 Å². The molecular weight excluding hydrogens is 520 g/mol. The molecule has 6 nitrogen and oxygen atoms in total. The Bertz CT molecular complexity index is 1440. The Kier molecular flexibility index (Phi) is 7.36. The second-order valence-corrected chi connectivity index (χ2v) is 9.53. The van der Waals surface area contributed by atoms with Crippen LogP contribution in [0, 0.1) is 12.7 Å². The summed E-state index contributed by atoms with van der Waals surface area (Å²) >= 11 is 6.56. The topological polar surface area (TPSA) is 57.2 Å². The molecule has 0 bridgehead atoms. The maximum absolute atomic E-state index is 14.6. The van der Waals surface area contributed by atoms with Gasteiger partial charge in [0.2, 0.25) is 0 Å². The molecule has 5 rings (SSSR count). The minimum Gasteiger partial charge on any atom is -0.366 e. The molecule has 4 aromatic rings. The van der Waals surface area contributed by atoms with E-state index in [9.17, 15) is 17.6 Å². The van der Waals surface area contributed by atoms with Gasteiger partial charge in [-0.05, 0) is 24.6 Å². The molecule has 2 aromatic carbocycles. The SMILES string of the molecule is Cc1nc(NCc2cccc(C(F)(F)F)c2F)c2cc(N3CCN(Cc4ccccc4)CC3)c(Cl)nc2n1. The van der Waals surface area contributed by atoms with Crippen LogP contribution in [0.15, 0.2) is 54.6 Å². The molecule has 0 amide bonds. The van der Waals surface area contributed by atoms with Gasteiger partial charge in [-0.3, -0.25) is 4.90 Å². The van der Waals surface area contributed by atoms with Gasteiger partial charge in [-0.25, -0.2) is 19.3 Å². The van der Waals surface area contributed by atoms with E-state index >= 15 is 0 Å². The fourth-order valence-electron chi connectivity index (χ4n) is 4.59. The normalized spacial score (nSPS) is 14.7. The van der Waals surface area contributed by atoms with Crippen LogP contribution in [-0.4, -0.2) is 46.0 Å². The molecule has 2 aromatic heterocycles. The van der Waals surface area contributed by atoms with Gasteiger partial charge in [0.15, 0.2) is 10.8 Å². The molecule has 0 unspecified atom stereocenters. The van der Waals surface area contributed by atoms with Gasteiger partial charge in [0.1, 0.15) is 17.5 Å². The lowest BCUT2D eigenvalue weighted by Crippen LogP contribution is -2.46. The van der Waals surface area contributed by atoms with Gasteiger partial charge < -0.3 is 10.2 Å². The average Bonchev–Trinajstić information content (AvgIpc) is 2.88. The zero-order chi connectivity index (χ0) is 26.9. The lowest BCUT2D eigenvalue weighted by Gasteiger charge is -2.36. The zero-order valence-electron chi connectivity index (χ0n) is 20.6. The first-order valence-electron chi connectivity index (χ1n) is 12.1. The summed E-state index contributed by atoms with van der Waals surface area (Å²) in [6.07, 6.45) is -4.78. The van der Waals surface area contributed by atoms with Crippen LogP contribution in [0.4, 0.5) is 29.1 Å². The number of hydrogen-bond donors (Lipinski definition) is 1. The fraction of sp³-hybridized carbons (Fsp3) is 0.296. The Hall–Kier alpha value is -3.50. The van der Waals surface area contributed by atoms with Crippen molar-refractivity contribution in [1.29, 1.82) is 0 Å². The lowest BCUT2D eigenvalue weighted by molar-refractivity contribution is -0.140. The number of anilines is 2. The maximum atomic E-state index is 14.6. The van der Waals surface area contributed by atoms with E-state index in [0.29, 0.717) is 27.8 Å². The molecule has 38 heavy (non-hydrogen) atoms. The van der Waals surface area contributed by atoms with E-state index in [2.05, 4.69) is 42.2 Å². The van der Waals surface area contributed by atoms with Crippen LogP contribution in [0.3, 0.4) is 0 Å². The highest BCUT2D eigenvalue weighted by Crippen LogP contribution is 2.34. The second-order valence-electron chi connectivity index (χ2n) is 9.17. The van der Waals surface area contributed by atoms with E-state index in [0.717, 1.165) is 44.5 Å². The number of rotatable bonds is 6. The predicted octanol–water partition coefficient (Wildman–Crippen LogP) is 6.08. The van der Waals surface area contributed by atoms with Crippen LogP contribution in [0.5, 0.6) is 0 Å². The van der Waals surface area contributed by atoms with E-state index in [1.807, 2.05) is 24.3 Å². The van der Waals surface area contributed by atoms with E-state index in [1.54, 1.807) is 6.92 Å². The van der Waals surface area contributed by atoms with Crippen molar-refractivity contribution in [3.05, 3.63) is 88.1 Å². The number of pyridine rings is 1. The molecule has 0 atom stereocenters. The third-order valence-electron chi connectivity index (χ3n) is 6.53. The summed E-state index contributed by atoms with van der Waals surface area (Å²) in [5.41, 5.74) is 0.899. The fourth-order valence-corrected chi connectivity index (χ4v) is 4.84. The van der Waals surface area contributed by atoms with Crippen molar-refractivity contribution in [3.8, 4) is 0 Å². The van der Waals surface area contributed by atoms with Crippen LogP contribution in [0.25, 0.3) is 11.0 Å². The Morgan fingerprint density at radius 3 is 2.39 bits per heavy atom. The molecule has 3 heterocycles. The summed E-state index contributed by atoms with van der Waals surface area (Å²) in [5, 5.41) is 3.84. The van der Waals surface area contributed by atoms with Gasteiger partial charge in [-0.1, -0.05) is 54.1 Å². The number of fused-ring (bicyclic) bond motifs is 1. The van der Waals surface area contributed by atoms with Crippen LogP contribution in [0.2, 0.25) is 5.15 Å². The number of benzene rings is 2. The van der Waals surface area contributed by atoms with Crippen molar-refractivity contribution in [3.63, 3.8) is 0 Å². The largest absolute Gasteiger partial charge is 0.419 e. The summed E-state index contributed by atoms with van der Waals surface area (Å²) in [4.78, 5) is 17.8. The molecule has 1 aliphatic rings. The molecule has 0 spiro atoms. The van der Waals surface area contributed by atoms with E-state index < -0.39 is 17.6 Å². The van der Waals surface area contributed by atoms with Crippen LogP contribution < -0.4 is 10.2 Å². The first-order chi connectivity index (χ1) is 18.2. The van der Waals surface area contributed by atoms with E-state index in [1.165, 1.54) is 17.7 Å². The first kappa shape index (κ1) is 26.1. The van der Waals surface area contributed by atoms with Crippen LogP contribution in [-0.2, 0) is 19.3 Å². The first-order valence-corrected chi connectivity index (χ1v) is 12.5. The van der Waals surface area contributed by atoms with Gasteiger partial charge in [-0.2, -0.15) is 13.2 Å². The van der Waals surface area contributed by atoms with E-state index in [-0.39, 0.29) is 12.1 Å². The third kappa shape index (κ3) is 5.66. The minimum atomic E-state index is -4.78. The van der Waals surface area contributed by atoms with Gasteiger partial charge in [0, 0.05) is 44.8 Å². The second kappa shape index (κ2) is 10.7.